The third-order valence-corrected chi connectivity index (χ3v) is 5.16. The van der Waals surface area contributed by atoms with Crippen molar-refractivity contribution in [3.8, 4) is 5.75 Å². The Morgan fingerprint density at radius 2 is 1.70 bits per heavy atom. The highest BCUT2D eigenvalue weighted by atomic mass is 19.4. The fourth-order valence-corrected chi connectivity index (χ4v) is 3.62. The van der Waals surface area contributed by atoms with Crippen LogP contribution in [0.25, 0.3) is 21.8 Å². The van der Waals surface area contributed by atoms with Gasteiger partial charge in [0.25, 0.3) is 5.56 Å². The third-order valence-electron chi connectivity index (χ3n) is 5.16. The molecule has 9 heteroatoms. The number of aryl methyl sites for hydroxylation is 1. The maximum atomic E-state index is 13.8. The minimum absolute atomic E-state index is 0.109. The number of fused-ring (bicyclic) bond motifs is 2. The molecule has 0 radical (unpaired) electrons. The highest BCUT2D eigenvalue weighted by Crippen LogP contribution is 2.35. The first-order valence-corrected chi connectivity index (χ1v) is 8.96. The molecule has 0 aliphatic rings. The van der Waals surface area contributed by atoms with Gasteiger partial charge in [0.1, 0.15) is 17.1 Å². The van der Waals surface area contributed by atoms with Crippen molar-refractivity contribution in [2.75, 3.05) is 0 Å². The standard InChI is InChI=1S/C21H16F3N3O3/c1-26-18-15(19(29)27(2)20(26)30)10-12(17(25-18)21(22,23)24)9-14-13-6-4-3-5-11(13)7-8-16(14)28/h3-8,10,28H,9H2,1-2H3. The van der Waals surface area contributed by atoms with Gasteiger partial charge in [0, 0.05) is 26.1 Å². The molecule has 0 atom stereocenters. The van der Waals surface area contributed by atoms with E-state index in [4.69, 9.17) is 0 Å². The van der Waals surface area contributed by atoms with Gasteiger partial charge in [0.2, 0.25) is 0 Å². The maximum Gasteiger partial charge on any atom is 0.433 e. The Morgan fingerprint density at radius 1 is 1.00 bits per heavy atom. The molecule has 6 nitrogen and oxygen atoms in total. The largest absolute Gasteiger partial charge is 0.508 e. The normalized spacial score (nSPS) is 12.0. The Hall–Kier alpha value is -3.62. The molecule has 0 saturated carbocycles. The van der Waals surface area contributed by atoms with Crippen molar-refractivity contribution in [3.05, 3.63) is 80.1 Å². The van der Waals surface area contributed by atoms with Crippen molar-refractivity contribution in [3.63, 3.8) is 0 Å². The van der Waals surface area contributed by atoms with Crippen molar-refractivity contribution < 1.29 is 18.3 Å². The SMILES string of the molecule is Cn1c(=O)c2cc(Cc3c(O)ccc4ccccc34)c(C(F)(F)F)nc2n(C)c1=O. The zero-order chi connectivity index (χ0) is 21.8. The fourth-order valence-electron chi connectivity index (χ4n) is 3.62. The first kappa shape index (κ1) is 19.7. The van der Waals surface area contributed by atoms with Gasteiger partial charge in [0.05, 0.1) is 5.39 Å². The van der Waals surface area contributed by atoms with E-state index in [0.717, 1.165) is 20.6 Å². The van der Waals surface area contributed by atoms with Crippen molar-refractivity contribution in [1.82, 2.24) is 14.1 Å². The van der Waals surface area contributed by atoms with E-state index in [1.807, 2.05) is 0 Å². The number of benzene rings is 2. The van der Waals surface area contributed by atoms with Gasteiger partial charge in [-0.25, -0.2) is 9.78 Å². The number of aromatic nitrogens is 3. The van der Waals surface area contributed by atoms with Gasteiger partial charge in [-0.3, -0.25) is 13.9 Å². The summed E-state index contributed by atoms with van der Waals surface area (Å²) in [5.74, 6) is -0.157. The van der Waals surface area contributed by atoms with E-state index in [1.165, 1.54) is 20.2 Å². The molecule has 2 aromatic heterocycles. The Kier molecular flexibility index (Phi) is 4.41. The summed E-state index contributed by atoms with van der Waals surface area (Å²) in [7, 11) is 2.51. The topological polar surface area (TPSA) is 77.1 Å². The molecule has 0 spiro atoms. The van der Waals surface area contributed by atoms with Crippen LogP contribution in [0.5, 0.6) is 5.75 Å². The van der Waals surface area contributed by atoms with Crippen LogP contribution in [0.2, 0.25) is 0 Å². The number of nitrogens with zero attached hydrogens (tertiary/aromatic N) is 3. The molecule has 0 amide bonds. The summed E-state index contributed by atoms with van der Waals surface area (Å²) >= 11 is 0. The molecule has 0 saturated heterocycles. The average Bonchev–Trinajstić information content (AvgIpc) is 2.71. The van der Waals surface area contributed by atoms with Gasteiger partial charge in [0.15, 0.2) is 0 Å². The third kappa shape index (κ3) is 3.02. The molecular formula is C21H16F3N3O3. The van der Waals surface area contributed by atoms with Crippen molar-refractivity contribution in [1.29, 1.82) is 0 Å². The number of rotatable bonds is 2. The number of pyridine rings is 1. The second-order valence-corrected chi connectivity index (χ2v) is 7.03. The predicted octanol–water partition coefficient (Wildman–Crippen LogP) is 3.10. The van der Waals surface area contributed by atoms with Gasteiger partial charge < -0.3 is 5.11 Å². The number of hydrogen-bond donors (Lipinski definition) is 1. The van der Waals surface area contributed by atoms with E-state index < -0.39 is 23.1 Å². The number of hydrogen-bond acceptors (Lipinski definition) is 4. The van der Waals surface area contributed by atoms with Crippen LogP contribution >= 0.6 is 0 Å². The lowest BCUT2D eigenvalue weighted by molar-refractivity contribution is -0.141. The van der Waals surface area contributed by atoms with Crippen LogP contribution < -0.4 is 11.2 Å². The molecule has 0 aliphatic heterocycles. The molecule has 30 heavy (non-hydrogen) atoms. The lowest BCUT2D eigenvalue weighted by Gasteiger charge is -2.16. The molecule has 4 rings (SSSR count). The molecule has 0 aliphatic carbocycles. The summed E-state index contributed by atoms with van der Waals surface area (Å²) in [6, 6.07) is 11.2. The highest BCUT2D eigenvalue weighted by molar-refractivity contribution is 5.88. The zero-order valence-corrected chi connectivity index (χ0v) is 16.0. The van der Waals surface area contributed by atoms with E-state index in [9.17, 15) is 27.9 Å². The van der Waals surface area contributed by atoms with Crippen LogP contribution in [0.3, 0.4) is 0 Å². The second kappa shape index (κ2) is 6.72. The summed E-state index contributed by atoms with van der Waals surface area (Å²) in [5, 5.41) is 11.6. The number of halogens is 3. The maximum absolute atomic E-state index is 13.8. The Balaban J connectivity index is 2.05. The quantitative estimate of drug-likeness (QED) is 0.546. The molecule has 0 bridgehead atoms. The minimum atomic E-state index is -4.82. The van der Waals surface area contributed by atoms with Crippen molar-refractivity contribution >= 4 is 21.8 Å². The summed E-state index contributed by atoms with van der Waals surface area (Å²) < 4.78 is 43.2. The Bertz CT molecular complexity index is 1440. The number of aromatic hydroxyl groups is 1. The summed E-state index contributed by atoms with van der Waals surface area (Å²) in [4.78, 5) is 28.3. The number of phenols is 1. The van der Waals surface area contributed by atoms with E-state index in [2.05, 4.69) is 4.98 Å². The zero-order valence-electron chi connectivity index (χ0n) is 16.0. The number of alkyl halides is 3. The first-order chi connectivity index (χ1) is 14.1. The van der Waals surface area contributed by atoms with Crippen molar-refractivity contribution in [2.45, 2.75) is 12.6 Å². The molecule has 2 aromatic carbocycles. The summed E-state index contributed by atoms with van der Waals surface area (Å²) in [5.41, 5.74) is -3.03. The second-order valence-electron chi connectivity index (χ2n) is 7.03. The lowest BCUT2D eigenvalue weighted by atomic mass is 9.96. The number of phenolic OH excluding ortho intramolecular Hbond substituents is 1. The van der Waals surface area contributed by atoms with Gasteiger partial charge in [-0.15, -0.1) is 0 Å². The van der Waals surface area contributed by atoms with E-state index in [-0.39, 0.29) is 28.8 Å². The highest BCUT2D eigenvalue weighted by Gasteiger charge is 2.36. The molecule has 4 aromatic rings. The van der Waals surface area contributed by atoms with Gasteiger partial charge in [-0.1, -0.05) is 30.3 Å². The summed E-state index contributed by atoms with van der Waals surface area (Å²) in [6.07, 6.45) is -5.11. The molecule has 1 N–H and O–H groups in total. The molecule has 2 heterocycles. The Morgan fingerprint density at radius 3 is 2.40 bits per heavy atom. The molecule has 0 unspecified atom stereocenters. The van der Waals surface area contributed by atoms with Gasteiger partial charge in [-0.05, 0) is 28.5 Å². The molecule has 0 fully saturated rings. The van der Waals surface area contributed by atoms with Crippen LogP contribution in [-0.4, -0.2) is 19.2 Å². The van der Waals surface area contributed by atoms with E-state index >= 15 is 0 Å². The van der Waals surface area contributed by atoms with Crippen LogP contribution in [0, 0.1) is 0 Å². The van der Waals surface area contributed by atoms with E-state index in [0.29, 0.717) is 10.9 Å². The van der Waals surface area contributed by atoms with Gasteiger partial charge >= 0.3 is 11.9 Å². The van der Waals surface area contributed by atoms with Crippen LogP contribution in [-0.2, 0) is 26.7 Å². The van der Waals surface area contributed by atoms with Crippen molar-refractivity contribution in [2.24, 2.45) is 14.1 Å². The Labute approximate surface area is 167 Å². The van der Waals surface area contributed by atoms with E-state index in [1.54, 1.807) is 30.3 Å². The lowest BCUT2D eigenvalue weighted by Crippen LogP contribution is -2.37. The first-order valence-electron chi connectivity index (χ1n) is 8.96. The monoisotopic (exact) mass is 415 g/mol. The van der Waals surface area contributed by atoms with Crippen LogP contribution in [0.15, 0.2) is 52.1 Å². The minimum Gasteiger partial charge on any atom is -0.508 e. The fraction of sp³-hybridized carbons (Fsp3) is 0.190. The van der Waals surface area contributed by atoms with Gasteiger partial charge in [-0.2, -0.15) is 13.2 Å². The summed E-state index contributed by atoms with van der Waals surface area (Å²) in [6.45, 7) is 0. The smallest absolute Gasteiger partial charge is 0.433 e. The van der Waals surface area contributed by atoms with Crippen LogP contribution in [0.4, 0.5) is 13.2 Å². The van der Waals surface area contributed by atoms with Crippen LogP contribution in [0.1, 0.15) is 16.8 Å². The average molecular weight is 415 g/mol. The predicted molar refractivity (Wildman–Crippen MR) is 106 cm³/mol. The molecular weight excluding hydrogens is 399 g/mol. The molecule has 154 valence electrons.